The summed E-state index contributed by atoms with van der Waals surface area (Å²) < 4.78 is 9.10. The smallest absolute Gasteiger partial charge is 0.165 e. The maximum absolute atomic E-state index is 6.74. The van der Waals surface area contributed by atoms with E-state index in [0.717, 1.165) is 54.5 Å². The highest BCUT2D eigenvalue weighted by atomic mass is 32.1. The minimum atomic E-state index is 0.595. The molecule has 9 aromatic carbocycles. The molecule has 3 heterocycles. The Morgan fingerprint density at radius 1 is 0.323 bits per heavy atom. The summed E-state index contributed by atoms with van der Waals surface area (Å²) in [5, 5.41) is 4.38. The van der Waals surface area contributed by atoms with Gasteiger partial charge < -0.3 is 4.42 Å². The van der Waals surface area contributed by atoms with Crippen molar-refractivity contribution in [2.45, 2.75) is 0 Å². The Bertz CT molecular complexity index is 3610. The largest absolute Gasteiger partial charge is 0.455 e. The van der Waals surface area contributed by atoms with Crippen molar-refractivity contribution in [3.8, 4) is 78.7 Å². The Morgan fingerprint density at radius 2 is 0.823 bits per heavy atom. The van der Waals surface area contributed by atoms with Crippen molar-refractivity contribution in [2.24, 2.45) is 0 Å². The van der Waals surface area contributed by atoms with Gasteiger partial charge in [0.25, 0.3) is 0 Å². The highest BCUT2D eigenvalue weighted by molar-refractivity contribution is 7.26. The molecule has 0 radical (unpaired) electrons. The Kier molecular flexibility index (Phi) is 8.65. The maximum Gasteiger partial charge on any atom is 0.165 e. The molecule has 0 bridgehead atoms. The van der Waals surface area contributed by atoms with E-state index in [9.17, 15) is 0 Å². The number of thiophene rings is 1. The van der Waals surface area contributed by atoms with E-state index in [1.54, 1.807) is 11.3 Å². The number of hydrogen-bond acceptors (Lipinski definition) is 5. The third-order valence-electron chi connectivity index (χ3n) is 11.8. The van der Waals surface area contributed by atoms with Crippen molar-refractivity contribution in [2.75, 3.05) is 0 Å². The lowest BCUT2D eigenvalue weighted by atomic mass is 9.94. The summed E-state index contributed by atoms with van der Waals surface area (Å²) >= 11 is 1.78. The first kappa shape index (κ1) is 35.9. The minimum Gasteiger partial charge on any atom is -0.455 e. The van der Waals surface area contributed by atoms with Gasteiger partial charge in [0, 0.05) is 53.2 Å². The van der Waals surface area contributed by atoms with Crippen LogP contribution in [0.15, 0.2) is 217 Å². The number of benzene rings is 9. The normalized spacial score (nSPS) is 11.5. The molecule has 3 aromatic heterocycles. The molecule has 12 aromatic rings. The van der Waals surface area contributed by atoms with Crippen molar-refractivity contribution < 1.29 is 4.42 Å². The van der Waals surface area contributed by atoms with E-state index in [1.165, 1.54) is 48.9 Å². The third-order valence-corrected chi connectivity index (χ3v) is 13.0. The van der Waals surface area contributed by atoms with Gasteiger partial charge in [0.05, 0.1) is 0 Å². The molecule has 0 saturated heterocycles. The molecule has 12 rings (SSSR count). The lowest BCUT2D eigenvalue weighted by molar-refractivity contribution is 0.670. The number of rotatable bonds is 7. The van der Waals surface area contributed by atoms with Gasteiger partial charge in [-0.25, -0.2) is 15.0 Å². The number of aromatic nitrogens is 3. The monoisotopic (exact) mass is 809 g/mol. The van der Waals surface area contributed by atoms with E-state index in [1.807, 2.05) is 36.4 Å². The van der Waals surface area contributed by atoms with Gasteiger partial charge in [0.2, 0.25) is 0 Å². The van der Waals surface area contributed by atoms with Gasteiger partial charge in [0.15, 0.2) is 17.5 Å². The van der Waals surface area contributed by atoms with Crippen LogP contribution in [0.3, 0.4) is 0 Å². The van der Waals surface area contributed by atoms with Crippen LogP contribution >= 0.6 is 11.3 Å². The second kappa shape index (κ2) is 14.9. The highest BCUT2D eigenvalue weighted by Crippen LogP contribution is 2.44. The molecule has 0 N–H and O–H groups in total. The Morgan fingerprint density at radius 3 is 1.56 bits per heavy atom. The summed E-state index contributed by atoms with van der Waals surface area (Å²) in [6.45, 7) is 0. The molecule has 0 amide bonds. The number of furan rings is 1. The second-order valence-corrected chi connectivity index (χ2v) is 16.5. The Balaban J connectivity index is 1.01. The first-order valence-electron chi connectivity index (χ1n) is 20.8. The molecule has 0 fully saturated rings. The fraction of sp³-hybridized carbons (Fsp3) is 0. The van der Waals surface area contributed by atoms with Gasteiger partial charge in [-0.3, -0.25) is 0 Å². The molecule has 4 nitrogen and oxygen atoms in total. The van der Waals surface area contributed by atoms with Gasteiger partial charge in [-0.1, -0.05) is 188 Å². The molecule has 62 heavy (non-hydrogen) atoms. The standard InChI is InChI=1S/C57H35N3OS/c1-4-15-36(16-5-1)37-29-31-39(32-30-37)44-23-12-25-46-52-47(26-14-28-50(52)61-53(44)46)56-58-55(40-19-8-3-9-20-40)59-57(60-56)48-27-13-24-45-49-35-41(33-34-51(49)62-54(45)48)43-22-11-10-21-42(43)38-17-6-2-7-18-38/h1-35H. The van der Waals surface area contributed by atoms with Crippen molar-refractivity contribution in [3.63, 3.8) is 0 Å². The van der Waals surface area contributed by atoms with Crippen molar-refractivity contribution in [1.29, 1.82) is 0 Å². The first-order valence-corrected chi connectivity index (χ1v) is 21.6. The average molecular weight is 810 g/mol. The summed E-state index contributed by atoms with van der Waals surface area (Å²) in [5.74, 6) is 1.84. The molecule has 0 saturated carbocycles. The quantitative estimate of drug-likeness (QED) is 0.161. The molecule has 0 aliphatic rings. The van der Waals surface area contributed by atoms with E-state index < -0.39 is 0 Å². The molecule has 0 atom stereocenters. The molecule has 0 spiro atoms. The molecule has 0 unspecified atom stereocenters. The van der Waals surface area contributed by atoms with E-state index in [0.29, 0.717) is 17.5 Å². The summed E-state index contributed by atoms with van der Waals surface area (Å²) in [6.07, 6.45) is 0. The minimum absolute atomic E-state index is 0.595. The average Bonchev–Trinajstić information content (AvgIpc) is 3.93. The topological polar surface area (TPSA) is 51.8 Å². The van der Waals surface area contributed by atoms with Crippen LogP contribution in [0.5, 0.6) is 0 Å². The zero-order valence-electron chi connectivity index (χ0n) is 33.4. The second-order valence-electron chi connectivity index (χ2n) is 15.5. The molecule has 0 aliphatic carbocycles. The van der Waals surface area contributed by atoms with Gasteiger partial charge >= 0.3 is 0 Å². The zero-order valence-corrected chi connectivity index (χ0v) is 34.2. The summed E-state index contributed by atoms with van der Waals surface area (Å²) in [7, 11) is 0. The summed E-state index contributed by atoms with van der Waals surface area (Å²) in [5.41, 5.74) is 13.7. The van der Waals surface area contributed by atoms with Crippen LogP contribution in [0.4, 0.5) is 0 Å². The molecular weight excluding hydrogens is 775 g/mol. The van der Waals surface area contributed by atoms with Gasteiger partial charge in [0.1, 0.15) is 11.2 Å². The predicted molar refractivity (Wildman–Crippen MR) is 258 cm³/mol. The van der Waals surface area contributed by atoms with Gasteiger partial charge in [-0.2, -0.15) is 0 Å². The van der Waals surface area contributed by atoms with Crippen molar-refractivity contribution in [1.82, 2.24) is 15.0 Å². The predicted octanol–water partition coefficient (Wildman–Crippen LogP) is 15.8. The molecule has 0 aliphatic heterocycles. The Hall–Kier alpha value is -7.99. The van der Waals surface area contributed by atoms with E-state index in [-0.39, 0.29) is 0 Å². The van der Waals surface area contributed by atoms with Crippen LogP contribution in [-0.2, 0) is 0 Å². The van der Waals surface area contributed by atoms with E-state index >= 15 is 0 Å². The number of nitrogens with zero attached hydrogens (tertiary/aromatic N) is 3. The van der Waals surface area contributed by atoms with E-state index in [2.05, 4.69) is 176 Å². The number of fused-ring (bicyclic) bond motifs is 6. The SMILES string of the molecule is c1ccc(-c2ccc(-c3cccc4c3oc3cccc(-c5nc(-c6ccccc6)nc(-c6cccc7c6sc6ccc(-c8ccccc8-c8ccccc8)cc67)n5)c34)cc2)cc1. The summed E-state index contributed by atoms with van der Waals surface area (Å²) in [4.78, 5) is 15.7. The van der Waals surface area contributed by atoms with E-state index in [4.69, 9.17) is 19.4 Å². The third kappa shape index (κ3) is 6.18. The fourth-order valence-corrected chi connectivity index (χ4v) is 10.0. The van der Waals surface area contributed by atoms with Crippen LogP contribution in [0.1, 0.15) is 0 Å². The van der Waals surface area contributed by atoms with Crippen molar-refractivity contribution in [3.05, 3.63) is 212 Å². The first-order chi connectivity index (χ1) is 30.7. The Labute approximate surface area is 362 Å². The van der Waals surface area contributed by atoms with Gasteiger partial charge in [-0.15, -0.1) is 11.3 Å². The zero-order chi connectivity index (χ0) is 41.0. The highest BCUT2D eigenvalue weighted by Gasteiger charge is 2.21. The summed E-state index contributed by atoms with van der Waals surface area (Å²) in [6, 6.07) is 74.5. The van der Waals surface area contributed by atoms with Crippen LogP contribution in [0, 0.1) is 0 Å². The molecule has 290 valence electrons. The lowest BCUT2D eigenvalue weighted by Gasteiger charge is -2.10. The number of hydrogen-bond donors (Lipinski definition) is 0. The molecular formula is C57H35N3OS. The van der Waals surface area contributed by atoms with Crippen LogP contribution in [0.25, 0.3) is 121 Å². The van der Waals surface area contributed by atoms with Crippen molar-refractivity contribution >= 4 is 53.4 Å². The van der Waals surface area contributed by atoms with Crippen LogP contribution < -0.4 is 0 Å². The maximum atomic E-state index is 6.74. The van der Waals surface area contributed by atoms with Gasteiger partial charge in [-0.05, 0) is 63.2 Å². The molecule has 5 heteroatoms. The van der Waals surface area contributed by atoms with Crippen LogP contribution in [-0.4, -0.2) is 15.0 Å². The van der Waals surface area contributed by atoms with Crippen LogP contribution in [0.2, 0.25) is 0 Å². The lowest BCUT2D eigenvalue weighted by Crippen LogP contribution is -2.00. The fourth-order valence-electron chi connectivity index (χ4n) is 8.81. The number of para-hydroxylation sites is 1.